The molecule has 0 saturated heterocycles. The topological polar surface area (TPSA) is 70.2 Å². The smallest absolute Gasteiger partial charge is 0.269 e. The van der Waals surface area contributed by atoms with Gasteiger partial charge in [0.25, 0.3) is 5.69 Å². The van der Waals surface area contributed by atoms with Crippen molar-refractivity contribution in [3.63, 3.8) is 0 Å². The SMILES string of the molecule is CCN(CC#N)Cc1ccc([N+](=O)[O-])cc1. The van der Waals surface area contributed by atoms with Gasteiger partial charge in [-0.15, -0.1) is 0 Å². The monoisotopic (exact) mass is 219 g/mol. The van der Waals surface area contributed by atoms with Crippen molar-refractivity contribution >= 4 is 5.69 Å². The lowest BCUT2D eigenvalue weighted by Crippen LogP contribution is -2.22. The van der Waals surface area contributed by atoms with E-state index in [4.69, 9.17) is 5.26 Å². The molecule has 1 aromatic carbocycles. The number of non-ortho nitro benzene ring substituents is 1. The number of nitro groups is 1. The largest absolute Gasteiger partial charge is 0.287 e. The van der Waals surface area contributed by atoms with Gasteiger partial charge in [0, 0.05) is 18.7 Å². The highest BCUT2D eigenvalue weighted by atomic mass is 16.6. The molecular weight excluding hydrogens is 206 g/mol. The van der Waals surface area contributed by atoms with Crippen molar-refractivity contribution in [1.82, 2.24) is 4.90 Å². The maximum Gasteiger partial charge on any atom is 0.269 e. The van der Waals surface area contributed by atoms with Crippen LogP contribution < -0.4 is 0 Å². The lowest BCUT2D eigenvalue weighted by atomic mass is 10.2. The molecule has 5 nitrogen and oxygen atoms in total. The highest BCUT2D eigenvalue weighted by Crippen LogP contribution is 2.13. The zero-order valence-corrected chi connectivity index (χ0v) is 9.09. The third kappa shape index (κ3) is 3.33. The van der Waals surface area contributed by atoms with Gasteiger partial charge in [0.15, 0.2) is 0 Å². The third-order valence-corrected chi connectivity index (χ3v) is 2.29. The van der Waals surface area contributed by atoms with Gasteiger partial charge in [0.2, 0.25) is 0 Å². The Morgan fingerprint density at radius 1 is 1.44 bits per heavy atom. The van der Waals surface area contributed by atoms with Crippen LogP contribution in [0, 0.1) is 21.4 Å². The molecule has 0 fully saturated rings. The molecule has 0 heterocycles. The summed E-state index contributed by atoms with van der Waals surface area (Å²) in [5.41, 5.74) is 1.06. The van der Waals surface area contributed by atoms with E-state index in [0.717, 1.165) is 12.1 Å². The zero-order chi connectivity index (χ0) is 12.0. The van der Waals surface area contributed by atoms with Crippen molar-refractivity contribution in [3.8, 4) is 6.07 Å². The molecule has 0 aliphatic rings. The Labute approximate surface area is 94.1 Å². The molecule has 0 amide bonds. The fourth-order valence-corrected chi connectivity index (χ4v) is 1.36. The fraction of sp³-hybridized carbons (Fsp3) is 0.364. The molecule has 5 heteroatoms. The average Bonchev–Trinajstić information content (AvgIpc) is 2.29. The third-order valence-electron chi connectivity index (χ3n) is 2.29. The summed E-state index contributed by atoms with van der Waals surface area (Å²) in [5.74, 6) is 0. The summed E-state index contributed by atoms with van der Waals surface area (Å²) in [7, 11) is 0. The minimum absolute atomic E-state index is 0.0899. The van der Waals surface area contributed by atoms with Gasteiger partial charge in [-0.05, 0) is 12.1 Å². The van der Waals surface area contributed by atoms with E-state index in [1.165, 1.54) is 12.1 Å². The van der Waals surface area contributed by atoms with Crippen molar-refractivity contribution in [1.29, 1.82) is 5.26 Å². The number of hydrogen-bond acceptors (Lipinski definition) is 4. The van der Waals surface area contributed by atoms with Crippen LogP contribution >= 0.6 is 0 Å². The standard InChI is InChI=1S/C11H13N3O2/c1-2-13(8-7-12)9-10-3-5-11(6-4-10)14(15)16/h3-6H,2,8-9H2,1H3. The quantitative estimate of drug-likeness (QED) is 0.431. The molecule has 0 unspecified atom stereocenters. The zero-order valence-electron chi connectivity index (χ0n) is 9.09. The Morgan fingerprint density at radius 2 is 2.06 bits per heavy atom. The first kappa shape index (κ1) is 12.1. The summed E-state index contributed by atoms with van der Waals surface area (Å²) in [4.78, 5) is 12.0. The number of rotatable bonds is 5. The van der Waals surface area contributed by atoms with Gasteiger partial charge in [-0.2, -0.15) is 5.26 Å². The number of nitriles is 1. The highest BCUT2D eigenvalue weighted by Gasteiger charge is 2.06. The van der Waals surface area contributed by atoms with E-state index < -0.39 is 4.92 Å². The van der Waals surface area contributed by atoms with Gasteiger partial charge < -0.3 is 0 Å². The lowest BCUT2D eigenvalue weighted by molar-refractivity contribution is -0.384. The van der Waals surface area contributed by atoms with E-state index in [9.17, 15) is 10.1 Å². The Balaban J connectivity index is 2.68. The van der Waals surface area contributed by atoms with Gasteiger partial charge in [-0.1, -0.05) is 19.1 Å². The van der Waals surface area contributed by atoms with Crippen LogP contribution in [0.2, 0.25) is 0 Å². The highest BCUT2D eigenvalue weighted by molar-refractivity contribution is 5.32. The van der Waals surface area contributed by atoms with E-state index in [1.54, 1.807) is 12.1 Å². The minimum Gasteiger partial charge on any atom is -0.287 e. The molecule has 0 saturated carbocycles. The van der Waals surface area contributed by atoms with Crippen LogP contribution in [0.3, 0.4) is 0 Å². The first-order valence-electron chi connectivity index (χ1n) is 5.00. The molecule has 0 aromatic heterocycles. The van der Waals surface area contributed by atoms with Gasteiger partial charge in [0.05, 0.1) is 17.5 Å². The maximum atomic E-state index is 10.4. The van der Waals surface area contributed by atoms with Crippen LogP contribution in [0.4, 0.5) is 5.69 Å². The molecule has 84 valence electrons. The molecule has 0 N–H and O–H groups in total. The van der Waals surface area contributed by atoms with E-state index in [-0.39, 0.29) is 5.69 Å². The van der Waals surface area contributed by atoms with Gasteiger partial charge in [-0.25, -0.2) is 0 Å². The summed E-state index contributed by atoms with van der Waals surface area (Å²) in [6, 6.07) is 8.49. The summed E-state index contributed by atoms with van der Waals surface area (Å²) in [5, 5.41) is 19.0. The molecule has 1 aromatic rings. The van der Waals surface area contributed by atoms with E-state index in [2.05, 4.69) is 6.07 Å². The minimum atomic E-state index is -0.420. The van der Waals surface area contributed by atoms with Crippen molar-refractivity contribution in [3.05, 3.63) is 39.9 Å². The van der Waals surface area contributed by atoms with Crippen molar-refractivity contribution in [2.75, 3.05) is 13.1 Å². The average molecular weight is 219 g/mol. The van der Waals surface area contributed by atoms with Gasteiger partial charge >= 0.3 is 0 Å². The number of nitro benzene ring substituents is 1. The predicted molar refractivity (Wildman–Crippen MR) is 59.7 cm³/mol. The Morgan fingerprint density at radius 3 is 2.50 bits per heavy atom. The maximum absolute atomic E-state index is 10.4. The van der Waals surface area contributed by atoms with Crippen LogP contribution in [0.15, 0.2) is 24.3 Å². The predicted octanol–water partition coefficient (Wildman–Crippen LogP) is 1.94. The second kappa shape index (κ2) is 5.83. The Kier molecular flexibility index (Phi) is 4.42. The van der Waals surface area contributed by atoms with E-state index in [0.29, 0.717) is 13.1 Å². The molecule has 0 bridgehead atoms. The van der Waals surface area contributed by atoms with Gasteiger partial charge in [0.1, 0.15) is 0 Å². The number of benzene rings is 1. The molecule has 0 atom stereocenters. The van der Waals surface area contributed by atoms with Gasteiger partial charge in [-0.3, -0.25) is 15.0 Å². The summed E-state index contributed by atoms with van der Waals surface area (Å²) in [6.07, 6.45) is 0. The molecular formula is C11H13N3O2. The van der Waals surface area contributed by atoms with E-state index in [1.807, 2.05) is 11.8 Å². The molecule has 0 spiro atoms. The summed E-state index contributed by atoms with van der Waals surface area (Å²) >= 11 is 0. The first-order chi connectivity index (χ1) is 7.67. The Hall–Kier alpha value is -1.93. The van der Waals surface area contributed by atoms with Crippen LogP contribution in [-0.2, 0) is 6.54 Å². The molecule has 0 radical (unpaired) electrons. The molecule has 16 heavy (non-hydrogen) atoms. The number of hydrogen-bond donors (Lipinski definition) is 0. The molecule has 1 rings (SSSR count). The normalized spacial score (nSPS) is 10.1. The van der Waals surface area contributed by atoms with Crippen LogP contribution in [-0.4, -0.2) is 22.9 Å². The fourth-order valence-electron chi connectivity index (χ4n) is 1.36. The lowest BCUT2D eigenvalue weighted by Gasteiger charge is -2.16. The summed E-state index contributed by atoms with van der Waals surface area (Å²) < 4.78 is 0. The van der Waals surface area contributed by atoms with Crippen LogP contribution in [0.25, 0.3) is 0 Å². The first-order valence-corrected chi connectivity index (χ1v) is 5.00. The molecule has 0 aliphatic heterocycles. The van der Waals surface area contributed by atoms with Crippen LogP contribution in [0.5, 0.6) is 0 Å². The number of nitrogens with zero attached hydrogens (tertiary/aromatic N) is 3. The van der Waals surface area contributed by atoms with Crippen molar-refractivity contribution in [2.45, 2.75) is 13.5 Å². The van der Waals surface area contributed by atoms with Crippen LogP contribution in [0.1, 0.15) is 12.5 Å². The van der Waals surface area contributed by atoms with Crippen molar-refractivity contribution in [2.24, 2.45) is 0 Å². The Bertz CT molecular complexity index is 395. The summed E-state index contributed by atoms with van der Waals surface area (Å²) in [6.45, 7) is 3.77. The molecule has 0 aliphatic carbocycles. The van der Waals surface area contributed by atoms with Crippen molar-refractivity contribution < 1.29 is 4.92 Å². The second-order valence-corrected chi connectivity index (χ2v) is 3.38. The van der Waals surface area contributed by atoms with E-state index >= 15 is 0 Å². The second-order valence-electron chi connectivity index (χ2n) is 3.38.